The van der Waals surface area contributed by atoms with Gasteiger partial charge in [-0.15, -0.1) is 0 Å². The molecule has 2 heterocycles. The van der Waals surface area contributed by atoms with E-state index in [4.69, 9.17) is 11.6 Å². The Balaban J connectivity index is 1.95. The molecule has 0 aliphatic heterocycles. The SMILES string of the molecule is Cc1nn(C)c(C)c1C(=O)NCCCn1nc(C(F)(F)F)c(Cl)c1C. The van der Waals surface area contributed by atoms with Crippen LogP contribution in [0.5, 0.6) is 0 Å². The molecule has 2 aromatic heterocycles. The van der Waals surface area contributed by atoms with Gasteiger partial charge in [0.2, 0.25) is 0 Å². The quantitative estimate of drug-likeness (QED) is 0.814. The van der Waals surface area contributed by atoms with Gasteiger partial charge in [-0.3, -0.25) is 14.2 Å². The van der Waals surface area contributed by atoms with Gasteiger partial charge in [0.15, 0.2) is 5.69 Å². The van der Waals surface area contributed by atoms with Gasteiger partial charge >= 0.3 is 6.18 Å². The standard InChI is InChI=1S/C15H19ClF3N5O/c1-8-11(9(2)23(4)21-8)14(25)20-6-5-7-24-10(3)12(16)13(22-24)15(17,18)19/h5-7H2,1-4H3,(H,20,25). The number of amides is 1. The van der Waals surface area contributed by atoms with Crippen LogP contribution in [0.2, 0.25) is 5.02 Å². The molecule has 6 nitrogen and oxygen atoms in total. The Kier molecular flexibility index (Phi) is 5.46. The van der Waals surface area contributed by atoms with Crippen molar-refractivity contribution in [1.29, 1.82) is 0 Å². The molecular formula is C15H19ClF3N5O. The molecule has 0 saturated carbocycles. The molecule has 0 aliphatic carbocycles. The Labute approximate surface area is 147 Å². The minimum absolute atomic E-state index is 0.215. The van der Waals surface area contributed by atoms with Crippen LogP contribution in [0.4, 0.5) is 13.2 Å². The Morgan fingerprint density at radius 1 is 1.20 bits per heavy atom. The summed E-state index contributed by atoms with van der Waals surface area (Å²) in [6, 6.07) is 0. The lowest BCUT2D eigenvalue weighted by Gasteiger charge is -2.07. The second kappa shape index (κ2) is 7.07. The summed E-state index contributed by atoms with van der Waals surface area (Å²) in [5.41, 5.74) is 1.05. The van der Waals surface area contributed by atoms with Crippen molar-refractivity contribution >= 4 is 17.5 Å². The van der Waals surface area contributed by atoms with Crippen LogP contribution in [0, 0.1) is 20.8 Å². The molecular weight excluding hydrogens is 359 g/mol. The second-order valence-electron chi connectivity index (χ2n) is 5.75. The van der Waals surface area contributed by atoms with Crippen LogP contribution in [0.3, 0.4) is 0 Å². The van der Waals surface area contributed by atoms with E-state index in [1.54, 1.807) is 25.6 Å². The molecule has 0 saturated heterocycles. The van der Waals surface area contributed by atoms with Crippen molar-refractivity contribution in [2.24, 2.45) is 7.05 Å². The van der Waals surface area contributed by atoms with Crippen LogP contribution in [0.15, 0.2) is 0 Å². The molecule has 138 valence electrons. The van der Waals surface area contributed by atoms with Crippen LogP contribution in [0.1, 0.15) is 39.6 Å². The maximum Gasteiger partial charge on any atom is 0.436 e. The van der Waals surface area contributed by atoms with Crippen molar-refractivity contribution in [1.82, 2.24) is 24.9 Å². The number of alkyl halides is 3. The summed E-state index contributed by atoms with van der Waals surface area (Å²) in [6.45, 7) is 5.53. The highest BCUT2D eigenvalue weighted by Gasteiger charge is 2.38. The molecule has 25 heavy (non-hydrogen) atoms. The number of aryl methyl sites for hydroxylation is 3. The number of aromatic nitrogens is 4. The number of nitrogens with zero attached hydrogens (tertiary/aromatic N) is 4. The first-order valence-electron chi connectivity index (χ1n) is 7.62. The fourth-order valence-corrected chi connectivity index (χ4v) is 2.79. The third-order valence-corrected chi connectivity index (χ3v) is 4.42. The highest BCUT2D eigenvalue weighted by atomic mass is 35.5. The zero-order valence-electron chi connectivity index (χ0n) is 14.3. The molecule has 0 fully saturated rings. The maximum atomic E-state index is 12.8. The molecule has 0 radical (unpaired) electrons. The summed E-state index contributed by atoms with van der Waals surface area (Å²) in [7, 11) is 1.75. The lowest BCUT2D eigenvalue weighted by molar-refractivity contribution is -0.141. The van der Waals surface area contributed by atoms with E-state index in [0.29, 0.717) is 24.2 Å². The number of rotatable bonds is 5. The van der Waals surface area contributed by atoms with Crippen molar-refractivity contribution in [2.75, 3.05) is 6.54 Å². The number of halogens is 4. The highest BCUT2D eigenvalue weighted by Crippen LogP contribution is 2.35. The maximum absolute atomic E-state index is 12.8. The number of carbonyl (C=O) groups excluding carboxylic acids is 1. The number of nitrogens with one attached hydrogen (secondary N) is 1. The topological polar surface area (TPSA) is 64.7 Å². The van der Waals surface area contributed by atoms with Crippen molar-refractivity contribution in [3.05, 3.63) is 33.4 Å². The predicted octanol–water partition coefficient (Wildman–Crippen LogP) is 3.03. The third-order valence-electron chi connectivity index (χ3n) is 3.97. The van der Waals surface area contributed by atoms with E-state index in [0.717, 1.165) is 5.69 Å². The van der Waals surface area contributed by atoms with Gasteiger partial charge in [-0.25, -0.2) is 0 Å². The fourth-order valence-electron chi connectivity index (χ4n) is 2.54. The summed E-state index contributed by atoms with van der Waals surface area (Å²) in [5.74, 6) is -0.255. The molecule has 0 atom stereocenters. The summed E-state index contributed by atoms with van der Waals surface area (Å²) < 4.78 is 41.2. The highest BCUT2D eigenvalue weighted by molar-refractivity contribution is 6.31. The van der Waals surface area contributed by atoms with E-state index in [9.17, 15) is 18.0 Å². The van der Waals surface area contributed by atoms with Crippen LogP contribution >= 0.6 is 11.6 Å². The van der Waals surface area contributed by atoms with E-state index >= 15 is 0 Å². The molecule has 0 bridgehead atoms. The summed E-state index contributed by atoms with van der Waals surface area (Å²) in [6.07, 6.45) is -4.17. The van der Waals surface area contributed by atoms with E-state index in [1.807, 2.05) is 0 Å². The average Bonchev–Trinajstić information content (AvgIpc) is 2.93. The van der Waals surface area contributed by atoms with Crippen LogP contribution in [0.25, 0.3) is 0 Å². The van der Waals surface area contributed by atoms with Crippen LogP contribution in [-0.2, 0) is 19.8 Å². The number of hydrogen-bond donors (Lipinski definition) is 1. The molecule has 0 aliphatic rings. The van der Waals surface area contributed by atoms with E-state index in [-0.39, 0.29) is 18.1 Å². The van der Waals surface area contributed by atoms with E-state index < -0.39 is 16.9 Å². The summed E-state index contributed by atoms with van der Waals surface area (Å²) in [5, 5.41) is 10.1. The molecule has 1 N–H and O–H groups in total. The van der Waals surface area contributed by atoms with Crippen LogP contribution in [-0.4, -0.2) is 32.0 Å². The summed E-state index contributed by atoms with van der Waals surface area (Å²) >= 11 is 5.70. The van der Waals surface area contributed by atoms with Gasteiger partial charge in [0.25, 0.3) is 5.91 Å². The van der Waals surface area contributed by atoms with Gasteiger partial charge in [0.05, 0.1) is 22.0 Å². The smallest absolute Gasteiger partial charge is 0.352 e. The largest absolute Gasteiger partial charge is 0.436 e. The molecule has 10 heteroatoms. The second-order valence-corrected chi connectivity index (χ2v) is 6.13. The molecule has 2 aromatic rings. The number of carbonyl (C=O) groups is 1. The van der Waals surface area contributed by atoms with Gasteiger partial charge in [-0.05, 0) is 27.2 Å². The van der Waals surface area contributed by atoms with Crippen molar-refractivity contribution < 1.29 is 18.0 Å². The zero-order valence-corrected chi connectivity index (χ0v) is 15.1. The lowest BCUT2D eigenvalue weighted by atomic mass is 10.2. The first-order valence-corrected chi connectivity index (χ1v) is 8.00. The van der Waals surface area contributed by atoms with Gasteiger partial charge < -0.3 is 5.32 Å². The van der Waals surface area contributed by atoms with E-state index in [1.165, 1.54) is 11.6 Å². The minimum Gasteiger partial charge on any atom is -0.352 e. The zero-order chi connectivity index (χ0) is 18.9. The first-order chi connectivity index (χ1) is 11.5. The molecule has 1 amide bonds. The minimum atomic E-state index is -4.59. The predicted molar refractivity (Wildman–Crippen MR) is 86.6 cm³/mol. The lowest BCUT2D eigenvalue weighted by Crippen LogP contribution is -2.26. The Morgan fingerprint density at radius 3 is 2.32 bits per heavy atom. The van der Waals surface area contributed by atoms with E-state index in [2.05, 4.69) is 15.5 Å². The normalized spacial score (nSPS) is 11.8. The third kappa shape index (κ3) is 3.97. The van der Waals surface area contributed by atoms with Crippen molar-refractivity contribution in [2.45, 2.75) is 39.9 Å². The summed E-state index contributed by atoms with van der Waals surface area (Å²) in [4.78, 5) is 12.2. The van der Waals surface area contributed by atoms with Gasteiger partial charge in [0, 0.05) is 25.8 Å². The Hall–Kier alpha value is -2.03. The molecule has 0 spiro atoms. The van der Waals surface area contributed by atoms with Gasteiger partial charge in [-0.2, -0.15) is 23.4 Å². The Bertz CT molecular complexity index is 794. The number of hydrogen-bond acceptors (Lipinski definition) is 3. The van der Waals surface area contributed by atoms with Crippen molar-refractivity contribution in [3.8, 4) is 0 Å². The van der Waals surface area contributed by atoms with Crippen LogP contribution < -0.4 is 5.32 Å². The molecule has 0 unspecified atom stereocenters. The first kappa shape index (κ1) is 19.3. The monoisotopic (exact) mass is 377 g/mol. The Morgan fingerprint density at radius 2 is 1.84 bits per heavy atom. The fraction of sp³-hybridized carbons (Fsp3) is 0.533. The van der Waals surface area contributed by atoms with Crippen molar-refractivity contribution in [3.63, 3.8) is 0 Å². The van der Waals surface area contributed by atoms with Gasteiger partial charge in [-0.1, -0.05) is 11.6 Å². The molecule has 2 rings (SSSR count). The average molecular weight is 378 g/mol. The van der Waals surface area contributed by atoms with Gasteiger partial charge in [0.1, 0.15) is 0 Å². The molecule has 0 aromatic carbocycles.